The van der Waals surface area contributed by atoms with Crippen molar-refractivity contribution in [2.75, 3.05) is 26.4 Å². The summed E-state index contributed by atoms with van der Waals surface area (Å²) in [4.78, 5) is 11.7. The Kier molecular flexibility index (Phi) is 10.3. The van der Waals surface area contributed by atoms with E-state index in [0.717, 1.165) is 0 Å². The Morgan fingerprint density at radius 2 is 1.68 bits per heavy atom. The van der Waals surface area contributed by atoms with E-state index in [4.69, 9.17) is 28.4 Å². The molecule has 0 saturated heterocycles. The first kappa shape index (κ1) is 20.4. The Morgan fingerprint density at radius 1 is 1.09 bits per heavy atom. The van der Waals surface area contributed by atoms with Crippen LogP contribution in [0.4, 0.5) is 0 Å². The predicted octanol–water partition coefficient (Wildman–Crippen LogP) is 2.33. The molecule has 0 fully saturated rings. The highest BCUT2D eigenvalue weighted by Crippen LogP contribution is 2.27. The summed E-state index contributed by atoms with van der Waals surface area (Å²) in [5, 5.41) is 0. The molecule has 0 amide bonds. The molecule has 1 atom stereocenters. The van der Waals surface area contributed by atoms with Gasteiger partial charge in [-0.3, -0.25) is 0 Å². The molecular weight excluding hydrogens is 292 g/mol. The molecule has 22 heavy (non-hydrogen) atoms. The van der Waals surface area contributed by atoms with E-state index in [9.17, 15) is 4.79 Å². The molecule has 0 aliphatic rings. The van der Waals surface area contributed by atoms with Crippen LogP contribution in [0.3, 0.4) is 0 Å². The number of rotatable bonds is 13. The molecule has 0 heterocycles. The monoisotopic (exact) mass is 318 g/mol. The van der Waals surface area contributed by atoms with Gasteiger partial charge in [-0.1, -0.05) is 6.58 Å². The number of ether oxygens (including phenoxy) is 6. The number of esters is 1. The van der Waals surface area contributed by atoms with Crippen molar-refractivity contribution < 1.29 is 33.2 Å². The van der Waals surface area contributed by atoms with Crippen molar-refractivity contribution in [2.45, 2.75) is 40.0 Å². The van der Waals surface area contributed by atoms with Gasteiger partial charge in [0.25, 0.3) is 6.29 Å². The number of carbonyl (C=O) groups is 1. The first-order chi connectivity index (χ1) is 10.5. The zero-order valence-electron chi connectivity index (χ0n) is 13.8. The second-order valence-electron chi connectivity index (χ2n) is 3.81. The van der Waals surface area contributed by atoms with Gasteiger partial charge in [-0.05, 0) is 34.3 Å². The molecule has 0 N–H and O–H groups in total. The molecule has 0 aromatic rings. The van der Waals surface area contributed by atoms with Crippen LogP contribution >= 0.6 is 0 Å². The molecule has 0 bridgehead atoms. The van der Waals surface area contributed by atoms with Gasteiger partial charge in [0.2, 0.25) is 5.76 Å². The van der Waals surface area contributed by atoms with Gasteiger partial charge in [-0.15, -0.1) is 0 Å². The lowest BCUT2D eigenvalue weighted by molar-refractivity contribution is -0.437. The van der Waals surface area contributed by atoms with Crippen molar-refractivity contribution in [1.82, 2.24) is 0 Å². The molecule has 0 aliphatic carbocycles. The van der Waals surface area contributed by atoms with Crippen LogP contribution in [0, 0.1) is 0 Å². The third kappa shape index (κ3) is 6.05. The molecule has 7 heteroatoms. The van der Waals surface area contributed by atoms with Gasteiger partial charge in [0.05, 0.1) is 26.1 Å². The maximum absolute atomic E-state index is 11.7. The average Bonchev–Trinajstić information content (AvgIpc) is 2.47. The molecule has 128 valence electrons. The minimum atomic E-state index is -1.79. The zero-order valence-corrected chi connectivity index (χ0v) is 13.8. The third-order valence-electron chi connectivity index (χ3n) is 2.29. The van der Waals surface area contributed by atoms with Crippen LogP contribution in [0.2, 0.25) is 0 Å². The lowest BCUT2D eigenvalue weighted by Crippen LogP contribution is -2.52. The summed E-state index contributed by atoms with van der Waals surface area (Å²) in [6.07, 6.45) is 0.0740. The summed E-state index contributed by atoms with van der Waals surface area (Å²) in [6.45, 7) is 14.9. The Hall–Kier alpha value is -1.57. The van der Waals surface area contributed by atoms with Gasteiger partial charge in [0, 0.05) is 6.61 Å². The van der Waals surface area contributed by atoms with Gasteiger partial charge >= 0.3 is 11.9 Å². The molecule has 0 aromatic carbocycles. The van der Waals surface area contributed by atoms with Crippen LogP contribution in [-0.2, 0) is 33.2 Å². The van der Waals surface area contributed by atoms with Crippen LogP contribution < -0.4 is 0 Å². The fourth-order valence-corrected chi connectivity index (χ4v) is 1.58. The maximum Gasteiger partial charge on any atom is 0.394 e. The van der Waals surface area contributed by atoms with Gasteiger partial charge < -0.3 is 28.4 Å². The lowest BCUT2D eigenvalue weighted by atomic mass is 10.4. The summed E-state index contributed by atoms with van der Waals surface area (Å²) in [5.41, 5.74) is 0. The summed E-state index contributed by atoms with van der Waals surface area (Å²) >= 11 is 0. The summed E-state index contributed by atoms with van der Waals surface area (Å²) < 4.78 is 32.1. The quantitative estimate of drug-likeness (QED) is 0.223. The lowest BCUT2D eigenvalue weighted by Gasteiger charge is -2.37. The molecule has 1 unspecified atom stereocenters. The third-order valence-corrected chi connectivity index (χ3v) is 2.29. The molecule has 0 rings (SSSR count). The molecular formula is C15H26O7. The Balaban J connectivity index is 5.38. The summed E-state index contributed by atoms with van der Waals surface area (Å²) in [5.74, 6) is -2.79. The molecule has 0 spiro atoms. The van der Waals surface area contributed by atoms with Gasteiger partial charge in [-0.2, -0.15) is 0 Å². The van der Waals surface area contributed by atoms with E-state index in [2.05, 4.69) is 13.2 Å². The predicted molar refractivity (Wildman–Crippen MR) is 79.5 cm³/mol. The summed E-state index contributed by atoms with van der Waals surface area (Å²) in [6, 6.07) is 0. The molecule has 7 nitrogen and oxygen atoms in total. The van der Waals surface area contributed by atoms with Crippen molar-refractivity contribution >= 4 is 5.97 Å². The van der Waals surface area contributed by atoms with Crippen molar-refractivity contribution in [3.05, 3.63) is 25.2 Å². The van der Waals surface area contributed by atoms with Crippen molar-refractivity contribution in [1.29, 1.82) is 0 Å². The van der Waals surface area contributed by atoms with Crippen molar-refractivity contribution in [2.24, 2.45) is 0 Å². The van der Waals surface area contributed by atoms with Crippen molar-refractivity contribution in [3.63, 3.8) is 0 Å². The van der Waals surface area contributed by atoms with Crippen LogP contribution in [0.1, 0.15) is 27.7 Å². The molecule has 0 radical (unpaired) electrons. The van der Waals surface area contributed by atoms with Gasteiger partial charge in [0.15, 0.2) is 0 Å². The first-order valence-electron chi connectivity index (χ1n) is 7.22. The van der Waals surface area contributed by atoms with E-state index in [1.54, 1.807) is 27.7 Å². The normalized spacial score (nSPS) is 12.4. The molecule has 0 saturated carbocycles. The highest BCUT2D eigenvalue weighted by Gasteiger charge is 2.48. The topological polar surface area (TPSA) is 72.5 Å². The minimum Gasteiger partial charge on any atom is -0.464 e. The van der Waals surface area contributed by atoms with Crippen LogP contribution in [0.5, 0.6) is 0 Å². The number of hydrogen-bond donors (Lipinski definition) is 0. The summed E-state index contributed by atoms with van der Waals surface area (Å²) in [7, 11) is 0. The smallest absolute Gasteiger partial charge is 0.394 e. The Bertz CT molecular complexity index is 348. The minimum absolute atomic E-state index is 0.190. The Morgan fingerprint density at radius 3 is 2.09 bits per heavy atom. The van der Waals surface area contributed by atoms with E-state index in [0.29, 0.717) is 6.61 Å². The number of carbonyl (C=O) groups excluding carboxylic acids is 1. The fraction of sp³-hybridized carbons (Fsp3) is 0.667. The fourth-order valence-electron chi connectivity index (χ4n) is 1.58. The van der Waals surface area contributed by atoms with E-state index >= 15 is 0 Å². The van der Waals surface area contributed by atoms with Crippen molar-refractivity contribution in [3.8, 4) is 0 Å². The van der Waals surface area contributed by atoms with E-state index in [1.807, 2.05) is 0 Å². The number of hydrogen-bond acceptors (Lipinski definition) is 7. The van der Waals surface area contributed by atoms with E-state index in [-0.39, 0.29) is 25.6 Å². The largest absolute Gasteiger partial charge is 0.464 e. The van der Waals surface area contributed by atoms with E-state index in [1.165, 1.54) is 6.26 Å². The highest BCUT2D eigenvalue weighted by atomic mass is 16.9. The highest BCUT2D eigenvalue weighted by molar-refractivity contribution is 5.85. The second kappa shape index (κ2) is 11.1. The van der Waals surface area contributed by atoms with Gasteiger partial charge in [0.1, 0.15) is 0 Å². The first-order valence-corrected chi connectivity index (χ1v) is 7.22. The molecule has 0 aliphatic heterocycles. The molecule has 0 aromatic heterocycles. The zero-order chi connectivity index (χ0) is 17.0. The van der Waals surface area contributed by atoms with Crippen LogP contribution in [-0.4, -0.2) is 44.7 Å². The van der Waals surface area contributed by atoms with Gasteiger partial charge in [-0.25, -0.2) is 4.79 Å². The Labute approximate surface area is 131 Å². The average molecular weight is 318 g/mol. The van der Waals surface area contributed by atoms with E-state index < -0.39 is 18.2 Å². The SMILES string of the molecule is C=COC(OCC)C(OCC)(OCC)OC(=C)C(=O)OCC. The van der Waals surface area contributed by atoms with Crippen LogP contribution in [0.15, 0.2) is 25.2 Å². The maximum atomic E-state index is 11.7. The second-order valence-corrected chi connectivity index (χ2v) is 3.81. The van der Waals surface area contributed by atoms with Crippen LogP contribution in [0.25, 0.3) is 0 Å². The standard InChI is InChI=1S/C15H26O7/c1-7-17-13(16)12(6)22-15(20-10-4,21-11-5)14(18-8-2)19-9-3/h8,14H,2,6-7,9-11H2,1,3-5H3.